The summed E-state index contributed by atoms with van der Waals surface area (Å²) in [6, 6.07) is 26.8. The Morgan fingerprint density at radius 2 is 1.46 bits per heavy atom. The van der Waals surface area contributed by atoms with Crippen LogP contribution in [-0.2, 0) is 0 Å². The molecule has 0 aliphatic carbocycles. The molecule has 2 aliphatic heterocycles. The number of nitrogens with one attached hydrogen (secondary N) is 1. The summed E-state index contributed by atoms with van der Waals surface area (Å²) in [6.07, 6.45) is -2.31. The average molecular weight is 622 g/mol. The second kappa shape index (κ2) is 11.2. The maximum Gasteiger partial charge on any atom is 0.433 e. The van der Waals surface area contributed by atoms with Crippen molar-refractivity contribution in [2.24, 2.45) is 0 Å². The molecular weight excluding hydrogens is 595 g/mol. The first-order chi connectivity index (χ1) is 19.8. The van der Waals surface area contributed by atoms with Crippen molar-refractivity contribution >= 4 is 33.4 Å². The topological polar surface area (TPSA) is 53.4 Å². The number of fused-ring (bicyclic) bond motifs is 1. The lowest BCUT2D eigenvalue weighted by molar-refractivity contribution is -0.0747. The van der Waals surface area contributed by atoms with Gasteiger partial charge in [0.1, 0.15) is 17.1 Å². The molecule has 6 rings (SSSR count). The smallest absolute Gasteiger partial charge is 0.359 e. The third kappa shape index (κ3) is 5.54. The van der Waals surface area contributed by atoms with E-state index in [1.807, 2.05) is 36.4 Å². The van der Waals surface area contributed by atoms with Crippen molar-refractivity contribution in [3.8, 4) is 0 Å². The van der Waals surface area contributed by atoms with Gasteiger partial charge in [-0.05, 0) is 34.9 Å². The highest BCUT2D eigenvalue weighted by Gasteiger charge is 2.42. The van der Waals surface area contributed by atoms with E-state index in [4.69, 9.17) is 0 Å². The summed E-state index contributed by atoms with van der Waals surface area (Å²) in [5.41, 5.74) is 2.18. The van der Waals surface area contributed by atoms with Gasteiger partial charge in [-0.1, -0.05) is 88.7 Å². The Hall–Kier alpha value is -3.89. The SMILES string of the molecule is O=C(c1cnn2c1NC(c1ccc(Br)cc1)C=C2C(F)(F)F)N1CCN(C(c2ccccc2)c2ccccc2)CC1. The van der Waals surface area contributed by atoms with E-state index in [0.717, 1.165) is 15.2 Å². The molecular formula is C31H27BrF3N5O. The van der Waals surface area contributed by atoms with Gasteiger partial charge in [-0.3, -0.25) is 9.69 Å². The van der Waals surface area contributed by atoms with Gasteiger partial charge in [-0.2, -0.15) is 18.3 Å². The maximum absolute atomic E-state index is 14.1. The Labute approximate surface area is 244 Å². The number of halogens is 4. The maximum atomic E-state index is 14.1. The third-order valence-corrected chi connectivity index (χ3v) is 8.09. The predicted octanol–water partition coefficient (Wildman–Crippen LogP) is 6.76. The van der Waals surface area contributed by atoms with Gasteiger partial charge in [0.15, 0.2) is 0 Å². The largest absolute Gasteiger partial charge is 0.433 e. The van der Waals surface area contributed by atoms with Crippen LogP contribution in [0, 0.1) is 0 Å². The summed E-state index contributed by atoms with van der Waals surface area (Å²) in [5, 5.41) is 7.11. The van der Waals surface area contributed by atoms with Crippen LogP contribution < -0.4 is 5.32 Å². The normalized spacial score (nSPS) is 17.6. The monoisotopic (exact) mass is 621 g/mol. The molecule has 10 heteroatoms. The summed E-state index contributed by atoms with van der Waals surface area (Å²) < 4.78 is 43.8. The number of benzene rings is 3. The number of carbonyl (C=O) groups is 1. The number of carbonyl (C=O) groups excluding carboxylic acids is 1. The number of hydrogen-bond donors (Lipinski definition) is 1. The third-order valence-electron chi connectivity index (χ3n) is 7.56. The lowest BCUT2D eigenvalue weighted by Gasteiger charge is -2.40. The zero-order valence-electron chi connectivity index (χ0n) is 21.9. The number of piperazine rings is 1. The molecule has 0 spiro atoms. The Balaban J connectivity index is 1.24. The predicted molar refractivity (Wildman–Crippen MR) is 155 cm³/mol. The van der Waals surface area contributed by atoms with E-state index in [1.165, 1.54) is 17.3 Å². The summed E-state index contributed by atoms with van der Waals surface area (Å²) >= 11 is 3.36. The molecule has 210 valence electrons. The van der Waals surface area contributed by atoms with Crippen LogP contribution in [0.2, 0.25) is 0 Å². The van der Waals surface area contributed by atoms with Gasteiger partial charge in [0.2, 0.25) is 0 Å². The van der Waals surface area contributed by atoms with E-state index in [2.05, 4.69) is 55.5 Å². The lowest BCUT2D eigenvalue weighted by atomic mass is 9.96. The summed E-state index contributed by atoms with van der Waals surface area (Å²) in [4.78, 5) is 17.7. The van der Waals surface area contributed by atoms with Crippen LogP contribution in [-0.4, -0.2) is 57.8 Å². The lowest BCUT2D eigenvalue weighted by Crippen LogP contribution is -2.50. The van der Waals surface area contributed by atoms with Crippen LogP contribution >= 0.6 is 15.9 Å². The van der Waals surface area contributed by atoms with Gasteiger partial charge in [-0.15, -0.1) is 0 Å². The van der Waals surface area contributed by atoms with E-state index < -0.39 is 17.9 Å². The Kier molecular flexibility index (Phi) is 7.44. The van der Waals surface area contributed by atoms with Crippen molar-refractivity contribution in [1.29, 1.82) is 0 Å². The van der Waals surface area contributed by atoms with Gasteiger partial charge in [0, 0.05) is 30.7 Å². The first kappa shape index (κ1) is 27.3. The van der Waals surface area contributed by atoms with Gasteiger partial charge in [0.25, 0.3) is 5.91 Å². The first-order valence-electron chi connectivity index (χ1n) is 13.3. The first-order valence-corrected chi connectivity index (χ1v) is 14.1. The Bertz CT molecular complexity index is 1510. The fourth-order valence-electron chi connectivity index (χ4n) is 5.55. The minimum absolute atomic E-state index is 0.0337. The molecule has 3 aromatic carbocycles. The van der Waals surface area contributed by atoms with Crippen molar-refractivity contribution in [2.75, 3.05) is 31.5 Å². The number of allylic oxidation sites excluding steroid dienone is 1. The number of rotatable bonds is 5. The van der Waals surface area contributed by atoms with Crippen molar-refractivity contribution < 1.29 is 18.0 Å². The molecule has 6 nitrogen and oxygen atoms in total. The second-order valence-corrected chi connectivity index (χ2v) is 11.0. The summed E-state index contributed by atoms with van der Waals surface area (Å²) in [6.45, 7) is 2.12. The molecule has 0 radical (unpaired) electrons. The molecule has 0 bridgehead atoms. The highest BCUT2D eigenvalue weighted by molar-refractivity contribution is 9.10. The minimum atomic E-state index is -4.65. The van der Waals surface area contributed by atoms with Gasteiger partial charge >= 0.3 is 6.18 Å². The van der Waals surface area contributed by atoms with E-state index >= 15 is 0 Å². The van der Waals surface area contributed by atoms with E-state index in [1.54, 1.807) is 29.2 Å². The molecule has 0 saturated carbocycles. The van der Waals surface area contributed by atoms with Crippen molar-refractivity contribution in [2.45, 2.75) is 18.3 Å². The van der Waals surface area contributed by atoms with Crippen molar-refractivity contribution in [3.05, 3.63) is 124 Å². The number of alkyl halides is 3. The molecule has 1 saturated heterocycles. The molecule has 4 aromatic rings. The van der Waals surface area contributed by atoms with Crippen LogP contribution in [0.5, 0.6) is 0 Å². The van der Waals surface area contributed by atoms with Crippen LogP contribution in [0.25, 0.3) is 5.70 Å². The highest BCUT2D eigenvalue weighted by Crippen LogP contribution is 2.40. The van der Waals surface area contributed by atoms with E-state index in [-0.39, 0.29) is 23.3 Å². The number of aromatic nitrogens is 2. The number of anilines is 1. The van der Waals surface area contributed by atoms with E-state index in [0.29, 0.717) is 31.7 Å². The zero-order valence-corrected chi connectivity index (χ0v) is 23.5. The fraction of sp³-hybridized carbons (Fsp3) is 0.226. The quantitative estimate of drug-likeness (QED) is 0.267. The Morgan fingerprint density at radius 1 is 0.878 bits per heavy atom. The molecule has 1 atom stereocenters. The zero-order chi connectivity index (χ0) is 28.6. The van der Waals surface area contributed by atoms with Gasteiger partial charge in [0.05, 0.1) is 18.3 Å². The molecule has 2 aliphatic rings. The molecule has 1 N–H and O–H groups in total. The molecule has 1 aromatic heterocycles. The number of hydrogen-bond acceptors (Lipinski definition) is 4. The number of amides is 1. The fourth-order valence-corrected chi connectivity index (χ4v) is 5.81. The minimum Gasteiger partial charge on any atom is -0.359 e. The van der Waals surface area contributed by atoms with Crippen molar-refractivity contribution in [1.82, 2.24) is 19.6 Å². The van der Waals surface area contributed by atoms with Crippen LogP contribution in [0.1, 0.15) is 39.1 Å². The molecule has 1 amide bonds. The van der Waals surface area contributed by atoms with E-state index in [9.17, 15) is 18.0 Å². The van der Waals surface area contributed by atoms with Gasteiger partial charge in [-0.25, -0.2) is 4.68 Å². The second-order valence-electron chi connectivity index (χ2n) is 10.1. The highest BCUT2D eigenvalue weighted by atomic mass is 79.9. The average Bonchev–Trinajstić information content (AvgIpc) is 3.42. The Morgan fingerprint density at radius 3 is 2.02 bits per heavy atom. The molecule has 1 fully saturated rings. The number of nitrogens with zero attached hydrogens (tertiary/aromatic N) is 4. The van der Waals surface area contributed by atoms with Crippen LogP contribution in [0.4, 0.5) is 19.0 Å². The van der Waals surface area contributed by atoms with Crippen molar-refractivity contribution in [3.63, 3.8) is 0 Å². The van der Waals surface area contributed by atoms with Crippen LogP contribution in [0.3, 0.4) is 0 Å². The summed E-state index contributed by atoms with van der Waals surface area (Å²) in [7, 11) is 0. The molecule has 3 heterocycles. The van der Waals surface area contributed by atoms with Crippen LogP contribution in [0.15, 0.2) is 102 Å². The standard InChI is InChI=1S/C31H27BrF3N5O/c32-24-13-11-21(12-14-24)26-19-27(31(33,34)35)40-29(37-26)25(20-36-40)30(41)39-17-15-38(16-18-39)28(22-7-3-1-4-8-22)23-9-5-2-6-10-23/h1-14,19-20,26,28,37H,15-18H2. The molecule has 41 heavy (non-hydrogen) atoms. The summed E-state index contributed by atoms with van der Waals surface area (Å²) in [5.74, 6) is -0.293. The van der Waals surface area contributed by atoms with Gasteiger partial charge < -0.3 is 10.2 Å². The molecule has 1 unspecified atom stereocenters.